The van der Waals surface area contributed by atoms with Crippen molar-refractivity contribution >= 4 is 10.1 Å². The highest BCUT2D eigenvalue weighted by molar-refractivity contribution is 7.87. The Kier molecular flexibility index (Phi) is 10.9. The molecule has 0 aliphatic heterocycles. The van der Waals surface area contributed by atoms with Crippen LogP contribution in [-0.2, 0) is 10.1 Å². The van der Waals surface area contributed by atoms with E-state index in [2.05, 4.69) is 27.7 Å². The summed E-state index contributed by atoms with van der Waals surface area (Å²) < 4.78 is 179. The average Bonchev–Trinajstić information content (AvgIpc) is 2.61. The highest BCUT2D eigenvalue weighted by Gasteiger charge is 2.86. The molecule has 0 amide bonds. The lowest BCUT2D eigenvalue weighted by Crippen LogP contribution is -2.66. The van der Waals surface area contributed by atoms with Gasteiger partial charge >= 0.3 is 39.3 Å². The Bertz CT molecular complexity index is 673. The first-order valence-electron chi connectivity index (χ1n) is 8.91. The second kappa shape index (κ2) is 10.5. The van der Waals surface area contributed by atoms with Gasteiger partial charge in [0.05, 0.1) is 32.6 Å². The van der Waals surface area contributed by atoms with Crippen molar-refractivity contribution in [3.8, 4) is 0 Å². The molecule has 196 valence electrons. The fourth-order valence-corrected chi connectivity index (χ4v) is 2.88. The standard InChI is InChI=1S/C8H20N.C7H4F12O3S/c1-5-9(6-2,7-3)8-4;8-2(1-3(9,10)11)4(12,13)5(14,15)6(16,17)7(18,19)23(20,21)22/h5-8H2,1-4H3;2H,1H2,(H,20,21,22)/q+1;. The summed E-state index contributed by atoms with van der Waals surface area (Å²) in [5.74, 6) is -22.3. The predicted molar refractivity (Wildman–Crippen MR) is 89.3 cm³/mol. The van der Waals surface area contributed by atoms with Crippen molar-refractivity contribution in [2.24, 2.45) is 0 Å². The van der Waals surface area contributed by atoms with Gasteiger partial charge in [0.15, 0.2) is 6.17 Å². The molecule has 0 aromatic carbocycles. The molecule has 1 N–H and O–H groups in total. The van der Waals surface area contributed by atoms with E-state index < -0.39 is 51.9 Å². The van der Waals surface area contributed by atoms with Crippen LogP contribution in [0, 0.1) is 0 Å². The number of rotatable bonds is 10. The van der Waals surface area contributed by atoms with Gasteiger partial charge in [0.2, 0.25) is 0 Å². The molecule has 0 aromatic heterocycles. The minimum Gasteiger partial charge on any atom is -0.325 e. The van der Waals surface area contributed by atoms with Crippen molar-refractivity contribution in [2.75, 3.05) is 26.2 Å². The summed E-state index contributed by atoms with van der Waals surface area (Å²) in [6.07, 6.45) is -14.4. The van der Waals surface area contributed by atoms with Gasteiger partial charge in [-0.15, -0.1) is 0 Å². The normalized spacial score (nSPS) is 15.8. The van der Waals surface area contributed by atoms with Crippen LogP contribution < -0.4 is 0 Å². The molecule has 0 rings (SSSR count). The summed E-state index contributed by atoms with van der Waals surface area (Å²) in [7, 11) is -7.41. The molecular weight excluding hydrogens is 502 g/mol. The summed E-state index contributed by atoms with van der Waals surface area (Å²) in [5.41, 5.74) is 0. The fraction of sp³-hybridized carbons (Fsp3) is 1.00. The maximum Gasteiger partial charge on any atom is 0.438 e. The van der Waals surface area contributed by atoms with Crippen LogP contribution >= 0.6 is 0 Å². The van der Waals surface area contributed by atoms with E-state index in [0.717, 1.165) is 0 Å². The molecule has 0 aromatic rings. The highest BCUT2D eigenvalue weighted by atomic mass is 32.2. The van der Waals surface area contributed by atoms with Crippen molar-refractivity contribution in [1.82, 2.24) is 0 Å². The van der Waals surface area contributed by atoms with Crippen LogP contribution in [0.1, 0.15) is 34.1 Å². The number of hydrogen-bond donors (Lipinski definition) is 1. The molecule has 0 saturated carbocycles. The third kappa shape index (κ3) is 6.77. The lowest BCUT2D eigenvalue weighted by atomic mass is 9.98. The number of halogens is 12. The van der Waals surface area contributed by atoms with Gasteiger partial charge in [0, 0.05) is 0 Å². The van der Waals surface area contributed by atoms with E-state index in [1.54, 1.807) is 0 Å². The largest absolute Gasteiger partial charge is 0.438 e. The maximum atomic E-state index is 12.9. The first-order valence-corrected chi connectivity index (χ1v) is 10.4. The molecule has 0 aliphatic rings. The molecule has 0 saturated heterocycles. The fourth-order valence-electron chi connectivity index (χ4n) is 2.42. The molecule has 0 fully saturated rings. The van der Waals surface area contributed by atoms with Crippen molar-refractivity contribution in [3.63, 3.8) is 0 Å². The van der Waals surface area contributed by atoms with Gasteiger partial charge in [0.1, 0.15) is 0 Å². The van der Waals surface area contributed by atoms with E-state index in [1.165, 1.54) is 30.7 Å². The Morgan fingerprint density at radius 3 is 1.22 bits per heavy atom. The molecule has 4 nitrogen and oxygen atoms in total. The van der Waals surface area contributed by atoms with Gasteiger partial charge in [0.25, 0.3) is 0 Å². The van der Waals surface area contributed by atoms with Crippen molar-refractivity contribution < 1.29 is 70.1 Å². The van der Waals surface area contributed by atoms with Crippen LogP contribution in [0.15, 0.2) is 0 Å². The van der Waals surface area contributed by atoms with E-state index >= 15 is 0 Å². The van der Waals surface area contributed by atoms with Crippen LogP contribution in [0.2, 0.25) is 0 Å². The molecule has 0 spiro atoms. The molecule has 0 radical (unpaired) electrons. The van der Waals surface area contributed by atoms with Crippen LogP contribution in [0.3, 0.4) is 0 Å². The predicted octanol–water partition coefficient (Wildman–Crippen LogP) is 5.55. The quantitative estimate of drug-likeness (QED) is 0.231. The van der Waals surface area contributed by atoms with E-state index in [1.807, 2.05) is 0 Å². The lowest BCUT2D eigenvalue weighted by Gasteiger charge is -2.36. The zero-order valence-corrected chi connectivity index (χ0v) is 18.1. The smallest absolute Gasteiger partial charge is 0.325 e. The molecule has 17 heteroatoms. The highest BCUT2D eigenvalue weighted by Crippen LogP contribution is 2.56. The third-order valence-electron chi connectivity index (χ3n) is 4.99. The van der Waals surface area contributed by atoms with Gasteiger partial charge in [-0.3, -0.25) is 4.55 Å². The summed E-state index contributed by atoms with van der Waals surface area (Å²) in [5, 5.41) is -7.25. The Morgan fingerprint density at radius 1 is 0.719 bits per heavy atom. The molecule has 0 heterocycles. The van der Waals surface area contributed by atoms with Crippen LogP contribution in [0.25, 0.3) is 0 Å². The van der Waals surface area contributed by atoms with Gasteiger partial charge in [-0.2, -0.15) is 56.7 Å². The molecule has 32 heavy (non-hydrogen) atoms. The topological polar surface area (TPSA) is 54.4 Å². The Labute approximate surface area is 176 Å². The first kappa shape index (κ1) is 33.2. The Morgan fingerprint density at radius 2 is 1.03 bits per heavy atom. The van der Waals surface area contributed by atoms with Crippen molar-refractivity contribution in [2.45, 2.75) is 69.5 Å². The van der Waals surface area contributed by atoms with Crippen LogP contribution in [0.4, 0.5) is 52.7 Å². The number of hydrogen-bond acceptors (Lipinski definition) is 2. The molecule has 1 atom stereocenters. The molecule has 0 aliphatic carbocycles. The molecular formula is C15H24F12NO3S+. The van der Waals surface area contributed by atoms with Gasteiger partial charge in [-0.25, -0.2) is 4.39 Å². The molecule has 1 unspecified atom stereocenters. The SMILES string of the molecule is CC[N+](CC)(CC)CC.O=S(=O)(O)C(F)(F)C(F)(F)C(F)(F)C(F)(F)C(F)CC(F)(F)F. The van der Waals surface area contributed by atoms with E-state index in [0.29, 0.717) is 0 Å². The van der Waals surface area contributed by atoms with Crippen LogP contribution in [0.5, 0.6) is 0 Å². The van der Waals surface area contributed by atoms with E-state index in [-0.39, 0.29) is 0 Å². The molecule has 0 bridgehead atoms. The zero-order valence-electron chi connectivity index (χ0n) is 17.3. The average molecular weight is 526 g/mol. The van der Waals surface area contributed by atoms with Gasteiger partial charge < -0.3 is 4.48 Å². The summed E-state index contributed by atoms with van der Waals surface area (Å²) in [4.78, 5) is 0. The zero-order chi connectivity index (χ0) is 26.6. The van der Waals surface area contributed by atoms with Crippen molar-refractivity contribution in [3.05, 3.63) is 0 Å². The second-order valence-corrected chi connectivity index (χ2v) is 8.12. The number of nitrogens with zero attached hydrogens (tertiary/aromatic N) is 1. The number of quaternary nitrogens is 1. The van der Waals surface area contributed by atoms with Crippen molar-refractivity contribution in [1.29, 1.82) is 0 Å². The summed E-state index contributed by atoms with van der Waals surface area (Å²) in [6, 6.07) is 0. The van der Waals surface area contributed by atoms with Crippen LogP contribution in [-0.4, -0.2) is 79.0 Å². The number of alkyl halides is 12. The van der Waals surface area contributed by atoms with E-state index in [4.69, 9.17) is 4.55 Å². The van der Waals surface area contributed by atoms with Gasteiger partial charge in [-0.1, -0.05) is 0 Å². The second-order valence-electron chi connectivity index (χ2n) is 6.66. The Balaban J connectivity index is 0. The minimum atomic E-state index is -7.65. The van der Waals surface area contributed by atoms with E-state index in [9.17, 15) is 61.1 Å². The monoisotopic (exact) mass is 526 g/mol. The summed E-state index contributed by atoms with van der Waals surface area (Å²) in [6.45, 7) is 14.2. The third-order valence-corrected chi connectivity index (χ3v) is 5.89. The summed E-state index contributed by atoms with van der Waals surface area (Å²) >= 11 is 0. The minimum absolute atomic E-state index is 1.28. The first-order chi connectivity index (χ1) is 13.9. The maximum absolute atomic E-state index is 12.9. The lowest BCUT2D eigenvalue weighted by molar-refractivity contribution is -0.921. The van der Waals surface area contributed by atoms with Gasteiger partial charge in [-0.05, 0) is 27.7 Å². The Hall–Kier alpha value is -0.970.